The normalized spacial score (nSPS) is 14.0. The van der Waals surface area contributed by atoms with Gasteiger partial charge in [-0.3, -0.25) is 11.8 Å². The van der Waals surface area contributed by atoms with Gasteiger partial charge >= 0.3 is 21.1 Å². The molecule has 11 rings (SSSR count). The summed E-state index contributed by atoms with van der Waals surface area (Å²) in [7, 11) is 0. The molecular formula is C58H48N6O8Pt. The summed E-state index contributed by atoms with van der Waals surface area (Å²) >= 11 is 0. The van der Waals surface area contributed by atoms with Gasteiger partial charge in [0, 0.05) is 34.3 Å². The van der Waals surface area contributed by atoms with Crippen molar-refractivity contribution in [3.63, 3.8) is 0 Å². The molecule has 14 nitrogen and oxygen atoms in total. The molecule has 368 valence electrons. The molecule has 2 aromatic heterocycles. The van der Waals surface area contributed by atoms with Crippen molar-refractivity contribution in [2.75, 3.05) is 89.9 Å². The number of nitrogens with zero attached hydrogens (tertiary/aromatic N) is 4. The fraction of sp³-hybridized carbons (Fsp3) is 0.207. The third kappa shape index (κ3) is 14.0. The van der Waals surface area contributed by atoms with Crippen LogP contribution in [0.25, 0.3) is 43.4 Å². The number of hydrogen-bond acceptors (Lipinski definition) is 14. The zero-order chi connectivity index (χ0) is 49.2. The Bertz CT molecular complexity index is 3140. The zero-order valence-electron chi connectivity index (χ0n) is 39.6. The van der Waals surface area contributed by atoms with Crippen LogP contribution in [0.1, 0.15) is 11.1 Å². The Morgan fingerprint density at radius 2 is 0.808 bits per heavy atom. The maximum absolute atomic E-state index is 7.30. The summed E-state index contributed by atoms with van der Waals surface area (Å²) < 4.78 is 45.4. The van der Waals surface area contributed by atoms with E-state index in [0.29, 0.717) is 125 Å². The summed E-state index contributed by atoms with van der Waals surface area (Å²) in [6.45, 7) is 5.61. The topological polar surface area (TPSA) is 149 Å². The van der Waals surface area contributed by atoms with Gasteiger partial charge in [0.2, 0.25) is 0 Å². The van der Waals surface area contributed by atoms with Crippen LogP contribution in [0.4, 0.5) is 23.0 Å². The number of aromatic nitrogens is 4. The van der Waals surface area contributed by atoms with E-state index in [0.717, 1.165) is 44.0 Å². The van der Waals surface area contributed by atoms with E-state index >= 15 is 0 Å². The molecule has 0 aliphatic carbocycles. The van der Waals surface area contributed by atoms with Crippen LogP contribution in [0.2, 0.25) is 0 Å². The molecule has 2 aliphatic heterocycles. The van der Waals surface area contributed by atoms with Crippen LogP contribution in [0.5, 0.6) is 23.0 Å². The molecule has 15 heteroatoms. The quantitative estimate of drug-likeness (QED) is 0.0978. The Balaban J connectivity index is 0.000000153. The Labute approximate surface area is 437 Å². The van der Waals surface area contributed by atoms with Crippen molar-refractivity contribution in [2.45, 2.75) is 0 Å². The largest absolute Gasteiger partial charge is 4.00 e. The number of nitrogens with one attached hydrogen (secondary N) is 2. The summed E-state index contributed by atoms with van der Waals surface area (Å²) in [5, 5.41) is 12.9. The second kappa shape index (κ2) is 26.6. The molecule has 0 spiro atoms. The maximum atomic E-state index is 7.30. The molecule has 0 radical (unpaired) electrons. The molecule has 0 amide bonds. The second-order valence-electron chi connectivity index (χ2n) is 15.9. The first-order valence-corrected chi connectivity index (χ1v) is 23.3. The van der Waals surface area contributed by atoms with Gasteiger partial charge in [-0.2, -0.15) is 35.0 Å². The molecule has 0 saturated heterocycles. The van der Waals surface area contributed by atoms with Gasteiger partial charge in [0.1, 0.15) is 50.7 Å². The molecule has 4 heterocycles. The van der Waals surface area contributed by atoms with Crippen molar-refractivity contribution < 1.29 is 59.0 Å². The second-order valence-corrected chi connectivity index (χ2v) is 15.9. The van der Waals surface area contributed by atoms with E-state index in [1.54, 1.807) is 0 Å². The van der Waals surface area contributed by atoms with Crippen LogP contribution in [-0.4, -0.2) is 99.2 Å². The molecule has 2 N–H and O–H groups in total. The van der Waals surface area contributed by atoms with Crippen LogP contribution < -0.4 is 29.6 Å². The molecule has 0 bridgehead atoms. The Morgan fingerprint density at radius 1 is 0.425 bits per heavy atom. The average Bonchev–Trinajstić information content (AvgIpc) is 3.41. The number of benzene rings is 7. The fourth-order valence-electron chi connectivity index (χ4n) is 7.68. The summed E-state index contributed by atoms with van der Waals surface area (Å²) in [6.07, 6.45) is 17.6. The molecule has 0 fully saturated rings. The minimum Gasteiger partial charge on any atom is -0.487 e. The van der Waals surface area contributed by atoms with Crippen LogP contribution in [0.3, 0.4) is 0 Å². The van der Waals surface area contributed by atoms with Gasteiger partial charge in [0.15, 0.2) is 23.0 Å². The summed E-state index contributed by atoms with van der Waals surface area (Å²) in [6, 6.07) is 45.1. The van der Waals surface area contributed by atoms with Crippen LogP contribution in [0, 0.1) is 36.8 Å². The third-order valence-electron chi connectivity index (χ3n) is 11.1. The van der Waals surface area contributed by atoms with Crippen molar-refractivity contribution in [2.24, 2.45) is 0 Å². The van der Waals surface area contributed by atoms with E-state index in [9.17, 15) is 0 Å². The minimum atomic E-state index is 0. The first-order valence-electron chi connectivity index (χ1n) is 23.3. The van der Waals surface area contributed by atoms with Gasteiger partial charge in [-0.15, -0.1) is 71.8 Å². The Morgan fingerprint density at radius 3 is 1.21 bits per heavy atom. The van der Waals surface area contributed by atoms with Gasteiger partial charge in [-0.05, 0) is 24.3 Å². The number of hydrogen-bond donors (Lipinski definition) is 2. The fourth-order valence-corrected chi connectivity index (χ4v) is 7.68. The number of fused-ring (bicyclic) bond motifs is 7. The van der Waals surface area contributed by atoms with E-state index in [1.807, 2.05) is 97.1 Å². The Kier molecular flexibility index (Phi) is 18.8. The van der Waals surface area contributed by atoms with E-state index in [1.165, 1.54) is 23.4 Å². The summed E-state index contributed by atoms with van der Waals surface area (Å²) in [5.41, 5.74) is 4.41. The van der Waals surface area contributed by atoms with E-state index in [-0.39, 0.29) is 21.1 Å². The minimum absolute atomic E-state index is 0. The maximum Gasteiger partial charge on any atom is 4.00 e. The SMILES string of the molecule is [C-]#Cc1cccc(Nc2ncnc3cc4c(cc23)OCCOCCOCCO4)c1.[C-]#Cc1cccc(Nc2ncnc3cc4c(cc23)OCCOCCOCCO4)c1.[Pt+4].[c-]1cccc2ccc3ccc[c-]c3c12. The average molecular weight is 1150 g/mol. The standard InChI is InChI=1S/2C22H20N3O4.C14H8.Pt/c2*1-2-16-4-3-5-17(12-16)25-22-18-13-20-21(14-19(18)23-15-24-22)29-11-9-27-7-6-26-8-10-28-20;1-3-7-13-11(5-1)9-10-12-6-2-4-8-14(12)13;/h2*3-5,12-15H,6-11H2,(H,23,24,25);1-6,9-10H;/q2*-1;-2;+4. The van der Waals surface area contributed by atoms with Gasteiger partial charge in [0.25, 0.3) is 0 Å². The molecular weight excluding hydrogens is 1100 g/mol. The monoisotopic (exact) mass is 1150 g/mol. The van der Waals surface area contributed by atoms with Gasteiger partial charge in [-0.25, -0.2) is 30.7 Å². The van der Waals surface area contributed by atoms with Crippen molar-refractivity contribution in [1.82, 2.24) is 19.9 Å². The van der Waals surface area contributed by atoms with Crippen molar-refractivity contribution in [3.8, 4) is 34.8 Å². The summed E-state index contributed by atoms with van der Waals surface area (Å²) in [4.78, 5) is 17.5. The van der Waals surface area contributed by atoms with Crippen molar-refractivity contribution in [3.05, 3.63) is 170 Å². The predicted molar refractivity (Wildman–Crippen MR) is 275 cm³/mol. The molecule has 7 aromatic carbocycles. The van der Waals surface area contributed by atoms with E-state index in [2.05, 4.69) is 78.8 Å². The molecule has 0 saturated carbocycles. The number of anilines is 4. The number of rotatable bonds is 4. The van der Waals surface area contributed by atoms with Gasteiger partial charge in [-0.1, -0.05) is 12.1 Å². The van der Waals surface area contributed by atoms with Gasteiger partial charge < -0.3 is 61.4 Å². The molecule has 2 aliphatic rings. The van der Waals surface area contributed by atoms with Crippen LogP contribution in [0.15, 0.2) is 134 Å². The summed E-state index contributed by atoms with van der Waals surface area (Å²) in [5.74, 6) is 8.44. The molecule has 0 unspecified atom stereocenters. The third-order valence-corrected chi connectivity index (χ3v) is 11.1. The molecule has 9 aromatic rings. The van der Waals surface area contributed by atoms with Crippen LogP contribution in [-0.2, 0) is 40.0 Å². The smallest absolute Gasteiger partial charge is 0.487 e. The van der Waals surface area contributed by atoms with Crippen LogP contribution >= 0.6 is 0 Å². The molecule has 73 heavy (non-hydrogen) atoms. The number of ether oxygens (including phenoxy) is 8. The van der Waals surface area contributed by atoms with E-state index in [4.69, 9.17) is 50.7 Å². The first-order chi connectivity index (χ1) is 35.6. The van der Waals surface area contributed by atoms with Gasteiger partial charge in [0.05, 0.1) is 63.9 Å². The Hall–Kier alpha value is -7.81. The predicted octanol–water partition coefficient (Wildman–Crippen LogP) is 9.82. The molecule has 0 atom stereocenters. The van der Waals surface area contributed by atoms with Crippen molar-refractivity contribution in [1.29, 1.82) is 0 Å². The van der Waals surface area contributed by atoms with Crippen molar-refractivity contribution >= 4 is 66.4 Å². The zero-order valence-corrected chi connectivity index (χ0v) is 41.8. The first kappa shape index (κ1) is 51.5. The van der Waals surface area contributed by atoms with E-state index < -0.39 is 0 Å².